The normalized spacial score (nSPS) is 21.6. The SMILES string of the molecule is Cc1ccc(C(=O)CN(C(=O)c2ccc(Cl)c(Cl)c2)N2C(=O)[C@H]3[C@@H](C)C=CC[C@H]3C2=O)cc1C. The monoisotopic (exact) mass is 498 g/mol. The smallest absolute Gasteiger partial charge is 0.273 e. The summed E-state index contributed by atoms with van der Waals surface area (Å²) in [6.07, 6.45) is 4.20. The zero-order valence-corrected chi connectivity index (χ0v) is 20.6. The van der Waals surface area contributed by atoms with E-state index in [2.05, 4.69) is 0 Å². The first-order chi connectivity index (χ1) is 16.1. The van der Waals surface area contributed by atoms with E-state index in [-0.39, 0.29) is 21.5 Å². The number of Topliss-reactive ketones (excluding diaryl/α,β-unsaturated/α-hetero) is 1. The van der Waals surface area contributed by atoms with Gasteiger partial charge in [0.1, 0.15) is 6.54 Å². The number of halogens is 2. The highest BCUT2D eigenvalue weighted by atomic mass is 35.5. The van der Waals surface area contributed by atoms with Crippen molar-refractivity contribution in [3.05, 3.63) is 80.8 Å². The highest BCUT2D eigenvalue weighted by Crippen LogP contribution is 2.39. The van der Waals surface area contributed by atoms with Crippen LogP contribution in [-0.2, 0) is 9.59 Å². The van der Waals surface area contributed by atoms with Crippen molar-refractivity contribution in [1.82, 2.24) is 10.0 Å². The maximum Gasteiger partial charge on any atom is 0.273 e. The van der Waals surface area contributed by atoms with Gasteiger partial charge in [0.05, 0.1) is 21.9 Å². The van der Waals surface area contributed by atoms with Gasteiger partial charge in [0.15, 0.2) is 5.78 Å². The number of allylic oxidation sites excluding steroid dienone is 2. The lowest BCUT2D eigenvalue weighted by atomic mass is 9.78. The third-order valence-corrected chi connectivity index (χ3v) is 7.35. The molecule has 0 bridgehead atoms. The van der Waals surface area contributed by atoms with E-state index in [4.69, 9.17) is 23.2 Å². The van der Waals surface area contributed by atoms with Crippen LogP contribution in [0.4, 0.5) is 0 Å². The summed E-state index contributed by atoms with van der Waals surface area (Å²) in [7, 11) is 0. The Morgan fingerprint density at radius 1 is 0.971 bits per heavy atom. The summed E-state index contributed by atoms with van der Waals surface area (Å²) in [5.74, 6) is -3.32. The maximum atomic E-state index is 13.6. The van der Waals surface area contributed by atoms with Crippen molar-refractivity contribution in [3.8, 4) is 0 Å². The van der Waals surface area contributed by atoms with E-state index in [1.807, 2.05) is 39.0 Å². The predicted octanol–water partition coefficient (Wildman–Crippen LogP) is 5.05. The molecule has 0 radical (unpaired) electrons. The quantitative estimate of drug-likeness (QED) is 0.328. The second kappa shape index (κ2) is 9.35. The third-order valence-electron chi connectivity index (χ3n) is 6.61. The Bertz CT molecular complexity index is 1240. The van der Waals surface area contributed by atoms with Crippen LogP contribution < -0.4 is 0 Å². The number of hydrogen-bond donors (Lipinski definition) is 0. The minimum atomic E-state index is -0.684. The Morgan fingerprint density at radius 2 is 1.68 bits per heavy atom. The maximum absolute atomic E-state index is 13.6. The molecule has 1 aliphatic heterocycles. The van der Waals surface area contributed by atoms with E-state index >= 15 is 0 Å². The van der Waals surface area contributed by atoms with Gasteiger partial charge in [-0.2, -0.15) is 5.01 Å². The van der Waals surface area contributed by atoms with Crippen molar-refractivity contribution in [3.63, 3.8) is 0 Å². The average Bonchev–Trinajstić information content (AvgIpc) is 3.06. The molecule has 3 amide bonds. The Balaban J connectivity index is 1.73. The Morgan fingerprint density at radius 3 is 2.32 bits per heavy atom. The van der Waals surface area contributed by atoms with E-state index in [1.165, 1.54) is 18.2 Å². The van der Waals surface area contributed by atoms with Gasteiger partial charge >= 0.3 is 0 Å². The minimum absolute atomic E-state index is 0.115. The number of imide groups is 1. The number of carbonyl (C=O) groups is 4. The van der Waals surface area contributed by atoms with Crippen molar-refractivity contribution < 1.29 is 19.2 Å². The molecular weight excluding hydrogens is 475 g/mol. The van der Waals surface area contributed by atoms with E-state index in [9.17, 15) is 19.2 Å². The Hall–Kier alpha value is -2.96. The summed E-state index contributed by atoms with van der Waals surface area (Å²) < 4.78 is 0. The predicted molar refractivity (Wildman–Crippen MR) is 129 cm³/mol. The first-order valence-electron chi connectivity index (χ1n) is 11.0. The summed E-state index contributed by atoms with van der Waals surface area (Å²) in [4.78, 5) is 53.5. The molecule has 1 heterocycles. The number of aryl methyl sites for hydroxylation is 2. The standard InChI is InChI=1S/C26H24Cl2N2O4/c1-14-7-8-17(11-16(14)3)22(31)13-29(24(32)18-9-10-20(27)21(28)12-18)30-25(33)19-6-4-5-15(2)23(19)26(30)34/h4-5,7-12,15,19,23H,6,13H2,1-3H3/t15-,19+,23-/m0/s1. The second-order valence-electron chi connectivity index (χ2n) is 8.86. The summed E-state index contributed by atoms with van der Waals surface area (Å²) in [6, 6.07) is 9.50. The summed E-state index contributed by atoms with van der Waals surface area (Å²) in [6.45, 7) is 5.22. The van der Waals surface area contributed by atoms with E-state index in [0.29, 0.717) is 12.0 Å². The molecule has 0 spiro atoms. The summed E-state index contributed by atoms with van der Waals surface area (Å²) in [5, 5.41) is 2.23. The molecule has 6 nitrogen and oxygen atoms in total. The lowest BCUT2D eigenvalue weighted by molar-refractivity contribution is -0.154. The number of amides is 3. The number of fused-ring (bicyclic) bond motifs is 1. The fourth-order valence-electron chi connectivity index (χ4n) is 4.52. The van der Waals surface area contributed by atoms with Crippen molar-refractivity contribution in [2.24, 2.45) is 17.8 Å². The van der Waals surface area contributed by atoms with Crippen LogP contribution >= 0.6 is 23.2 Å². The number of rotatable bonds is 5. The second-order valence-corrected chi connectivity index (χ2v) is 9.67. The summed E-state index contributed by atoms with van der Waals surface area (Å²) in [5.41, 5.74) is 2.45. The molecule has 4 rings (SSSR count). The topological polar surface area (TPSA) is 74.8 Å². The molecule has 2 aliphatic rings. The fourth-order valence-corrected chi connectivity index (χ4v) is 4.82. The molecule has 0 unspecified atom stereocenters. The zero-order valence-electron chi connectivity index (χ0n) is 19.0. The van der Waals surface area contributed by atoms with Crippen LogP contribution in [-0.4, -0.2) is 40.1 Å². The molecule has 1 saturated heterocycles. The number of hydrazine groups is 1. The molecule has 2 aromatic carbocycles. The van der Waals surface area contributed by atoms with Crippen LogP contribution in [0.5, 0.6) is 0 Å². The number of hydrogen-bond acceptors (Lipinski definition) is 4. The van der Waals surface area contributed by atoms with Crippen LogP contribution in [0.25, 0.3) is 0 Å². The van der Waals surface area contributed by atoms with Gasteiger partial charge < -0.3 is 0 Å². The molecule has 34 heavy (non-hydrogen) atoms. The lowest BCUT2D eigenvalue weighted by Crippen LogP contribution is -2.52. The van der Waals surface area contributed by atoms with Crippen LogP contribution in [0.15, 0.2) is 48.6 Å². The van der Waals surface area contributed by atoms with Gasteiger partial charge in [-0.1, -0.05) is 54.4 Å². The molecule has 0 N–H and O–H groups in total. The number of carbonyl (C=O) groups excluding carboxylic acids is 4. The van der Waals surface area contributed by atoms with Gasteiger partial charge in [-0.05, 0) is 61.6 Å². The van der Waals surface area contributed by atoms with Gasteiger partial charge in [0.25, 0.3) is 17.7 Å². The first-order valence-corrected chi connectivity index (χ1v) is 11.8. The van der Waals surface area contributed by atoms with Crippen LogP contribution in [0.1, 0.15) is 45.2 Å². The highest BCUT2D eigenvalue weighted by molar-refractivity contribution is 6.42. The van der Waals surface area contributed by atoms with Crippen LogP contribution in [0.3, 0.4) is 0 Å². The lowest BCUT2D eigenvalue weighted by Gasteiger charge is -2.30. The zero-order chi connectivity index (χ0) is 24.7. The number of nitrogens with zero attached hydrogens (tertiary/aromatic N) is 2. The summed E-state index contributed by atoms with van der Waals surface area (Å²) >= 11 is 12.1. The molecular formula is C26H24Cl2N2O4. The largest absolute Gasteiger partial charge is 0.292 e. The first kappa shape index (κ1) is 24.2. The fraction of sp³-hybridized carbons (Fsp3) is 0.308. The molecule has 1 aliphatic carbocycles. The number of benzene rings is 2. The third kappa shape index (κ3) is 4.28. The van der Waals surface area contributed by atoms with Gasteiger partial charge in [-0.15, -0.1) is 0 Å². The molecule has 0 saturated carbocycles. The average molecular weight is 499 g/mol. The Labute approximate surface area is 208 Å². The van der Waals surface area contributed by atoms with Crippen LogP contribution in [0, 0.1) is 31.6 Å². The van der Waals surface area contributed by atoms with Gasteiger partial charge in [-0.3, -0.25) is 19.2 Å². The van der Waals surface area contributed by atoms with Crippen molar-refractivity contribution in [2.75, 3.05) is 6.54 Å². The van der Waals surface area contributed by atoms with Crippen molar-refractivity contribution in [1.29, 1.82) is 0 Å². The van der Waals surface area contributed by atoms with Crippen molar-refractivity contribution >= 4 is 46.7 Å². The molecule has 3 atom stereocenters. The molecule has 1 fully saturated rings. The molecule has 2 aromatic rings. The number of ketones is 1. The molecule has 176 valence electrons. The highest BCUT2D eigenvalue weighted by Gasteiger charge is 2.53. The van der Waals surface area contributed by atoms with E-state index in [0.717, 1.165) is 21.1 Å². The van der Waals surface area contributed by atoms with E-state index in [1.54, 1.807) is 12.1 Å². The van der Waals surface area contributed by atoms with Gasteiger partial charge in [0, 0.05) is 11.1 Å². The van der Waals surface area contributed by atoms with Crippen LogP contribution in [0.2, 0.25) is 10.0 Å². The van der Waals surface area contributed by atoms with E-state index < -0.39 is 41.9 Å². The Kier molecular flexibility index (Phi) is 6.65. The molecule has 0 aromatic heterocycles. The van der Waals surface area contributed by atoms with Crippen molar-refractivity contribution in [2.45, 2.75) is 27.2 Å². The molecule has 8 heteroatoms. The minimum Gasteiger partial charge on any atom is -0.292 e. The van der Waals surface area contributed by atoms with Gasteiger partial charge in [0.2, 0.25) is 0 Å². The van der Waals surface area contributed by atoms with Gasteiger partial charge in [-0.25, -0.2) is 5.01 Å².